The van der Waals surface area contributed by atoms with Crippen molar-refractivity contribution in [1.82, 2.24) is 0 Å². The zero-order valence-corrected chi connectivity index (χ0v) is 15.8. The topological polar surface area (TPSA) is 60.8 Å². The highest BCUT2D eigenvalue weighted by Gasteiger charge is 2.40. The average molecular weight is 369 g/mol. The fourth-order valence-electron chi connectivity index (χ4n) is 3.19. The Bertz CT molecular complexity index is 707. The predicted octanol–water partition coefficient (Wildman–Crippen LogP) is 4.16. The first kappa shape index (κ1) is 19.5. The molecule has 2 unspecified atom stereocenters. The second-order valence-corrected chi connectivity index (χ2v) is 6.83. The molecule has 4 atom stereocenters. The molecule has 0 spiro atoms. The van der Waals surface area contributed by atoms with Gasteiger partial charge in [-0.3, -0.25) is 5.41 Å². The van der Waals surface area contributed by atoms with Crippen molar-refractivity contribution in [3.8, 4) is 0 Å². The minimum Gasteiger partial charge on any atom is -0.452 e. The van der Waals surface area contributed by atoms with Crippen LogP contribution in [0.15, 0.2) is 60.7 Å². The highest BCUT2D eigenvalue weighted by Crippen LogP contribution is 2.28. The van der Waals surface area contributed by atoms with Gasteiger partial charge in [0.2, 0.25) is 6.29 Å². The normalized spacial score (nSPS) is 25.1. The Labute approximate surface area is 160 Å². The molecule has 1 aliphatic heterocycles. The van der Waals surface area contributed by atoms with Crippen molar-refractivity contribution in [3.05, 3.63) is 71.8 Å². The lowest BCUT2D eigenvalue weighted by Crippen LogP contribution is -2.51. The molecule has 2 aromatic rings. The van der Waals surface area contributed by atoms with Gasteiger partial charge in [-0.2, -0.15) is 0 Å². The van der Waals surface area contributed by atoms with E-state index < -0.39 is 6.29 Å². The zero-order valence-electron chi connectivity index (χ0n) is 15.8. The van der Waals surface area contributed by atoms with Gasteiger partial charge in [0.05, 0.1) is 25.9 Å². The molecule has 0 radical (unpaired) electrons. The van der Waals surface area contributed by atoms with Crippen LogP contribution in [0.3, 0.4) is 0 Å². The van der Waals surface area contributed by atoms with Crippen molar-refractivity contribution in [3.63, 3.8) is 0 Å². The third-order valence-electron chi connectivity index (χ3n) is 4.62. The first-order valence-corrected chi connectivity index (χ1v) is 9.28. The van der Waals surface area contributed by atoms with Crippen LogP contribution in [-0.2, 0) is 32.2 Å². The Morgan fingerprint density at radius 2 is 1.52 bits per heavy atom. The number of ether oxygens (including phenoxy) is 4. The van der Waals surface area contributed by atoms with Crippen molar-refractivity contribution >= 4 is 5.90 Å². The van der Waals surface area contributed by atoms with Crippen LogP contribution in [0.2, 0.25) is 0 Å². The number of benzene rings is 2. The van der Waals surface area contributed by atoms with Gasteiger partial charge < -0.3 is 18.9 Å². The maximum atomic E-state index is 7.59. The lowest BCUT2D eigenvalue weighted by atomic mass is 9.96. The minimum atomic E-state index is -0.500. The molecule has 1 heterocycles. The van der Waals surface area contributed by atoms with E-state index in [9.17, 15) is 0 Å². The molecule has 144 valence electrons. The van der Waals surface area contributed by atoms with Crippen LogP contribution in [0.25, 0.3) is 0 Å². The summed E-state index contributed by atoms with van der Waals surface area (Å²) in [5, 5.41) is 7.59. The van der Waals surface area contributed by atoms with Gasteiger partial charge in [0.15, 0.2) is 5.90 Å². The summed E-state index contributed by atoms with van der Waals surface area (Å²) in [6.45, 7) is 4.99. The van der Waals surface area contributed by atoms with Gasteiger partial charge in [-0.25, -0.2) is 0 Å². The predicted molar refractivity (Wildman–Crippen MR) is 103 cm³/mol. The highest BCUT2D eigenvalue weighted by molar-refractivity contribution is 5.69. The van der Waals surface area contributed by atoms with Gasteiger partial charge in [-0.15, -0.1) is 0 Å². The van der Waals surface area contributed by atoms with Crippen molar-refractivity contribution < 1.29 is 18.9 Å². The van der Waals surface area contributed by atoms with Gasteiger partial charge in [0, 0.05) is 12.8 Å². The molecule has 1 saturated heterocycles. The smallest absolute Gasteiger partial charge is 0.206 e. The third kappa shape index (κ3) is 5.63. The summed E-state index contributed by atoms with van der Waals surface area (Å²) in [5.41, 5.74) is 2.22. The number of nitrogens with one attached hydrogen (secondary N) is 1. The Balaban J connectivity index is 1.66. The van der Waals surface area contributed by atoms with Gasteiger partial charge >= 0.3 is 0 Å². The van der Waals surface area contributed by atoms with Crippen LogP contribution >= 0.6 is 0 Å². The fraction of sp³-hybridized carbons (Fsp3) is 0.409. The summed E-state index contributed by atoms with van der Waals surface area (Å²) in [6, 6.07) is 20.1. The van der Waals surface area contributed by atoms with Crippen LogP contribution in [0.4, 0.5) is 0 Å². The average Bonchev–Trinajstić information content (AvgIpc) is 2.69. The van der Waals surface area contributed by atoms with Crippen molar-refractivity contribution in [2.75, 3.05) is 6.61 Å². The summed E-state index contributed by atoms with van der Waals surface area (Å²) < 4.78 is 23.7. The molecular formula is C22H27NO4. The van der Waals surface area contributed by atoms with Crippen LogP contribution in [-0.4, -0.2) is 31.0 Å². The molecule has 27 heavy (non-hydrogen) atoms. The lowest BCUT2D eigenvalue weighted by Gasteiger charge is -2.40. The zero-order chi connectivity index (χ0) is 19.1. The third-order valence-corrected chi connectivity index (χ3v) is 4.62. The van der Waals surface area contributed by atoms with Crippen LogP contribution < -0.4 is 0 Å². The van der Waals surface area contributed by atoms with E-state index in [1.165, 1.54) is 0 Å². The fourth-order valence-corrected chi connectivity index (χ4v) is 3.19. The summed E-state index contributed by atoms with van der Waals surface area (Å²) >= 11 is 0. The molecule has 5 heteroatoms. The molecular weight excluding hydrogens is 342 g/mol. The van der Waals surface area contributed by atoms with E-state index in [1.54, 1.807) is 6.92 Å². The molecule has 0 aliphatic carbocycles. The number of rotatable bonds is 7. The highest BCUT2D eigenvalue weighted by atomic mass is 16.7. The largest absolute Gasteiger partial charge is 0.452 e. The quantitative estimate of drug-likeness (QED) is 0.588. The number of hydrogen-bond donors (Lipinski definition) is 1. The Hall–Kier alpha value is -2.21. The second kappa shape index (κ2) is 9.65. The van der Waals surface area contributed by atoms with Crippen molar-refractivity contribution in [2.24, 2.45) is 5.92 Å². The van der Waals surface area contributed by atoms with Crippen molar-refractivity contribution in [2.45, 2.75) is 45.6 Å². The first-order chi connectivity index (χ1) is 13.1. The van der Waals surface area contributed by atoms with Gasteiger partial charge in [0.25, 0.3) is 0 Å². The van der Waals surface area contributed by atoms with Crippen LogP contribution in [0, 0.1) is 11.3 Å². The Morgan fingerprint density at radius 1 is 0.963 bits per heavy atom. The van der Waals surface area contributed by atoms with Crippen LogP contribution in [0.5, 0.6) is 0 Å². The molecule has 0 bridgehead atoms. The van der Waals surface area contributed by atoms with Gasteiger partial charge in [0.1, 0.15) is 6.10 Å². The lowest BCUT2D eigenvalue weighted by molar-refractivity contribution is -0.245. The maximum Gasteiger partial charge on any atom is 0.206 e. The Morgan fingerprint density at radius 3 is 2.07 bits per heavy atom. The van der Waals surface area contributed by atoms with E-state index >= 15 is 0 Å². The molecule has 1 aliphatic rings. The summed E-state index contributed by atoms with van der Waals surface area (Å²) in [7, 11) is 0. The molecule has 0 saturated carbocycles. The molecule has 1 N–H and O–H groups in total. The molecule has 0 amide bonds. The van der Waals surface area contributed by atoms with Crippen LogP contribution in [0.1, 0.15) is 25.0 Å². The number of hydrogen-bond acceptors (Lipinski definition) is 5. The maximum absolute atomic E-state index is 7.59. The minimum absolute atomic E-state index is 0.0662. The summed E-state index contributed by atoms with van der Waals surface area (Å²) in [4.78, 5) is 0. The molecule has 3 rings (SSSR count). The standard InChI is InChI=1S/C22H27NO4/c1-16-21(25-14-19-11-7-4-8-12-19)20(15-26-22(16)27-17(2)23)24-13-18-9-5-3-6-10-18/h3-12,16,20-23H,13-15H2,1-2H3/t16?,20-,21?,22+/m1/s1. The van der Waals surface area contributed by atoms with E-state index in [0.29, 0.717) is 19.8 Å². The van der Waals surface area contributed by atoms with Crippen molar-refractivity contribution in [1.29, 1.82) is 5.41 Å². The van der Waals surface area contributed by atoms with E-state index in [0.717, 1.165) is 11.1 Å². The Kier molecular flexibility index (Phi) is 6.98. The second-order valence-electron chi connectivity index (χ2n) is 6.83. The van der Waals surface area contributed by atoms with E-state index in [4.69, 9.17) is 24.4 Å². The molecule has 0 aromatic heterocycles. The van der Waals surface area contributed by atoms with Gasteiger partial charge in [-0.05, 0) is 11.1 Å². The SMILES string of the molecule is CC(=N)O[C@@H]1OC[C@@H](OCc2ccccc2)C(OCc2ccccc2)C1C. The van der Waals surface area contributed by atoms with E-state index in [1.807, 2.05) is 67.6 Å². The molecule has 1 fully saturated rings. The van der Waals surface area contributed by atoms with E-state index in [-0.39, 0.29) is 24.0 Å². The summed E-state index contributed by atoms with van der Waals surface area (Å²) in [5.74, 6) is 0.0702. The van der Waals surface area contributed by atoms with E-state index in [2.05, 4.69) is 0 Å². The molecule has 2 aromatic carbocycles. The summed E-state index contributed by atoms with van der Waals surface area (Å²) in [6.07, 6.45) is -0.887. The van der Waals surface area contributed by atoms with Gasteiger partial charge in [-0.1, -0.05) is 67.6 Å². The first-order valence-electron chi connectivity index (χ1n) is 9.28. The monoisotopic (exact) mass is 369 g/mol. The molecule has 5 nitrogen and oxygen atoms in total.